The molecule has 19 nitrogen and oxygen atoms in total. The Balaban J connectivity index is 0.000000517. The fraction of sp³-hybridized carbons (Fsp3) is 0.585. The summed E-state index contributed by atoms with van der Waals surface area (Å²) in [5.74, 6) is 5.30. The first kappa shape index (κ1) is 77.1. The van der Waals surface area contributed by atoms with Crippen molar-refractivity contribution in [3.8, 4) is 35.0 Å². The number of nitrogens with zero attached hydrogens (tertiary/aromatic N) is 3. The van der Waals surface area contributed by atoms with Crippen LogP contribution >= 0.6 is 22.7 Å². The third-order valence-electron chi connectivity index (χ3n) is 10.9. The number of hydrogen-bond acceptors (Lipinski definition) is 19. The van der Waals surface area contributed by atoms with Gasteiger partial charge in [0.1, 0.15) is 44.2 Å². The molecule has 0 aliphatic heterocycles. The van der Waals surface area contributed by atoms with E-state index < -0.39 is 0 Å². The van der Waals surface area contributed by atoms with Crippen LogP contribution in [0.15, 0.2) is 27.0 Å². The van der Waals surface area contributed by atoms with Crippen molar-refractivity contribution in [3.63, 3.8) is 0 Å². The van der Waals surface area contributed by atoms with Gasteiger partial charge in [-0.15, -0.1) is 22.7 Å². The Labute approximate surface area is 518 Å². The van der Waals surface area contributed by atoms with Crippen LogP contribution in [0.25, 0.3) is 0 Å². The molecule has 0 aromatic carbocycles. The first-order chi connectivity index (χ1) is 39.7. The number of carbonyl (C=O) groups excluding carboxylic acids is 6. The van der Waals surface area contributed by atoms with Crippen LogP contribution in [0.2, 0.25) is 0 Å². The third-order valence-corrected chi connectivity index (χ3v) is 12.9. The van der Waals surface area contributed by atoms with Gasteiger partial charge in [0.05, 0.1) is 42.6 Å². The van der Waals surface area contributed by atoms with E-state index in [2.05, 4.69) is 24.9 Å². The van der Waals surface area contributed by atoms with Gasteiger partial charge in [-0.05, 0) is 110 Å². The predicted molar refractivity (Wildman–Crippen MR) is 341 cm³/mol. The standard InChI is InChI=1S/C12H19NO2.C12H18O3.C12H18O2S.C11H17NO3.C11H17NO2S.C7H10N2O2/c1-7(2)12(14)11-10(15-8(3)4)6-9(5)13-11;2*1-7(2)11(13)12-10(14-8(3)4)6-9(5)15-12;1-6(2)10(13)9-11(14-7(3)4)15-8(5)12-9;1-6(2)9(13)10-11(14-7(3)4)12-8(5)15-10;1-4(10)6-7(11-3)9-5(2)8-6/h6-8,13H,1-5H3;2*6-8H,1-5H3;2*6-7H,1-5H3;1-3H3,(H,8,9). The summed E-state index contributed by atoms with van der Waals surface area (Å²) in [6, 6.07) is 5.57. The molecule has 6 aromatic heterocycles. The van der Waals surface area contributed by atoms with Gasteiger partial charge in [0, 0.05) is 66.1 Å². The lowest BCUT2D eigenvalue weighted by Gasteiger charge is -2.10. The van der Waals surface area contributed by atoms with Gasteiger partial charge >= 0.3 is 5.95 Å². The number of rotatable bonds is 22. The highest BCUT2D eigenvalue weighted by molar-refractivity contribution is 7.14. The number of H-pyrrole nitrogens is 2. The van der Waals surface area contributed by atoms with Crippen molar-refractivity contribution in [3.05, 3.63) is 83.8 Å². The fourth-order valence-electron chi connectivity index (χ4n) is 7.03. The van der Waals surface area contributed by atoms with Gasteiger partial charge in [0.15, 0.2) is 46.3 Å². The lowest BCUT2D eigenvalue weighted by molar-refractivity contribution is 0.0897. The number of methoxy groups -OCH3 is 1. The summed E-state index contributed by atoms with van der Waals surface area (Å²) in [4.78, 5) is 90.6. The maximum atomic E-state index is 11.9. The average Bonchev–Trinajstić information content (AvgIpc) is 3.45. The summed E-state index contributed by atoms with van der Waals surface area (Å²) in [7, 11) is 1.49. The Morgan fingerprint density at radius 2 is 0.942 bits per heavy atom. The topological polar surface area (TPSA) is 254 Å². The highest BCUT2D eigenvalue weighted by atomic mass is 32.1. The van der Waals surface area contributed by atoms with Crippen LogP contribution in [0, 0.1) is 71.1 Å². The monoisotopic (exact) mass is 1240 g/mol. The minimum absolute atomic E-state index is 0.0145. The molecule has 480 valence electrons. The number of oxazole rings is 1. The molecule has 6 rings (SSSR count). The minimum Gasteiger partial charge on any atom is -0.489 e. The van der Waals surface area contributed by atoms with Crippen LogP contribution in [-0.4, -0.2) is 97.2 Å². The number of aromatic amines is 2. The van der Waals surface area contributed by atoms with Crippen LogP contribution in [0.4, 0.5) is 0 Å². The van der Waals surface area contributed by atoms with Gasteiger partial charge in [0.25, 0.3) is 0 Å². The van der Waals surface area contributed by atoms with Crippen molar-refractivity contribution >= 4 is 57.4 Å². The molecule has 86 heavy (non-hydrogen) atoms. The molecule has 6 aromatic rings. The van der Waals surface area contributed by atoms with Crippen LogP contribution in [-0.2, 0) is 0 Å². The molecule has 0 bridgehead atoms. The summed E-state index contributed by atoms with van der Waals surface area (Å²) in [6.45, 7) is 50.6. The molecule has 0 saturated carbocycles. The maximum Gasteiger partial charge on any atom is 0.317 e. The number of aromatic nitrogens is 5. The Hall–Kier alpha value is -6.87. The van der Waals surface area contributed by atoms with E-state index in [1.165, 1.54) is 36.7 Å². The zero-order chi connectivity index (χ0) is 66.4. The maximum absolute atomic E-state index is 11.9. The van der Waals surface area contributed by atoms with Crippen LogP contribution in [0.1, 0.15) is 240 Å². The molecule has 0 atom stereocenters. The minimum atomic E-state index is -0.107. The van der Waals surface area contributed by atoms with E-state index in [-0.39, 0.29) is 101 Å². The number of furan rings is 1. The number of ketones is 6. The van der Waals surface area contributed by atoms with Gasteiger partial charge in [-0.25, -0.2) is 9.97 Å². The molecule has 0 radical (unpaired) electrons. The quantitative estimate of drug-likeness (QED) is 0.0599. The number of nitrogens with one attached hydrogen (secondary N) is 2. The summed E-state index contributed by atoms with van der Waals surface area (Å²) >= 11 is 2.93. The van der Waals surface area contributed by atoms with Gasteiger partial charge in [0.2, 0.25) is 23.3 Å². The number of hydrogen-bond donors (Lipinski definition) is 2. The summed E-state index contributed by atoms with van der Waals surface area (Å²) in [6.07, 6.45) is 0.249. The second-order valence-corrected chi connectivity index (χ2v) is 25.7. The fourth-order valence-corrected chi connectivity index (χ4v) is 9.01. The molecule has 0 amide bonds. The Kier molecular flexibility index (Phi) is 32.6. The highest BCUT2D eigenvalue weighted by Crippen LogP contribution is 2.33. The van der Waals surface area contributed by atoms with E-state index in [0.717, 1.165) is 26.2 Å². The first-order valence-corrected chi connectivity index (χ1v) is 30.9. The molecular formula is C65H99N5O14S2. The number of thiophene rings is 1. The molecule has 0 saturated heterocycles. The second kappa shape index (κ2) is 36.3. The van der Waals surface area contributed by atoms with Crippen molar-refractivity contribution in [2.24, 2.45) is 29.6 Å². The van der Waals surface area contributed by atoms with Crippen molar-refractivity contribution < 1.29 is 66.0 Å². The SMILES string of the molecule is COc1nc(C)[nH]c1C(C)=O.Cc1cc(OC(C)C)c(C(=O)C(C)C)[nH]1.Cc1cc(OC(C)C)c(C(=O)C(C)C)o1.Cc1cc(OC(C)C)c(C(=O)C(C)C)s1.Cc1nc(C(=O)C(C)C)c(OC(C)C)o1.Cc1nc(OC(C)C)c(C(=O)C(C)C)s1. The summed E-state index contributed by atoms with van der Waals surface area (Å²) in [5, 5.41) is 0.870. The van der Waals surface area contributed by atoms with Crippen LogP contribution in [0.5, 0.6) is 35.0 Å². The predicted octanol–water partition coefficient (Wildman–Crippen LogP) is 16.5. The second-order valence-electron chi connectivity index (χ2n) is 23.2. The molecular weight excluding hydrogens is 1140 g/mol. The van der Waals surface area contributed by atoms with E-state index in [0.29, 0.717) is 68.5 Å². The van der Waals surface area contributed by atoms with Crippen molar-refractivity contribution in [1.82, 2.24) is 24.9 Å². The van der Waals surface area contributed by atoms with Crippen molar-refractivity contribution in [2.45, 2.75) is 217 Å². The van der Waals surface area contributed by atoms with E-state index in [4.69, 9.17) is 37.3 Å². The van der Waals surface area contributed by atoms with Crippen molar-refractivity contribution in [2.75, 3.05) is 7.11 Å². The lowest BCUT2D eigenvalue weighted by atomic mass is 10.1. The summed E-state index contributed by atoms with van der Waals surface area (Å²) < 4.78 is 43.1. The van der Waals surface area contributed by atoms with E-state index in [9.17, 15) is 28.8 Å². The van der Waals surface area contributed by atoms with E-state index in [1.807, 2.05) is 178 Å². The number of aryl methyl sites for hydroxylation is 6. The third kappa shape index (κ3) is 26.0. The van der Waals surface area contributed by atoms with E-state index >= 15 is 0 Å². The zero-order valence-electron chi connectivity index (χ0n) is 56.4. The van der Waals surface area contributed by atoms with E-state index in [1.54, 1.807) is 19.9 Å². The van der Waals surface area contributed by atoms with Gasteiger partial charge < -0.3 is 47.2 Å². The number of Topliss-reactive ketones (excluding diaryl/α,β-unsaturated/α-hetero) is 6. The van der Waals surface area contributed by atoms with Crippen molar-refractivity contribution in [1.29, 1.82) is 0 Å². The van der Waals surface area contributed by atoms with Gasteiger partial charge in [-0.3, -0.25) is 28.8 Å². The molecule has 0 spiro atoms. The molecule has 6 heterocycles. The molecule has 21 heteroatoms. The number of carbonyl (C=O) groups is 6. The largest absolute Gasteiger partial charge is 0.489 e. The van der Waals surface area contributed by atoms with Gasteiger partial charge in [-0.1, -0.05) is 69.2 Å². The van der Waals surface area contributed by atoms with Crippen LogP contribution in [0.3, 0.4) is 0 Å². The molecule has 0 aliphatic rings. The smallest absolute Gasteiger partial charge is 0.317 e. The van der Waals surface area contributed by atoms with Crippen LogP contribution < -0.4 is 28.4 Å². The zero-order valence-corrected chi connectivity index (χ0v) is 58.0. The Bertz CT molecular complexity index is 2690. The molecule has 0 unspecified atom stereocenters. The number of imidazole rings is 1. The number of ether oxygens (including phenoxy) is 6. The summed E-state index contributed by atoms with van der Waals surface area (Å²) in [5.41, 5.74) is 2.28. The Morgan fingerprint density at radius 3 is 1.40 bits per heavy atom. The number of thiazole rings is 1. The molecule has 0 fully saturated rings. The highest BCUT2D eigenvalue weighted by Gasteiger charge is 2.26. The molecule has 0 aliphatic carbocycles. The average molecular weight is 1240 g/mol. The molecule has 2 N–H and O–H groups in total. The normalized spacial score (nSPS) is 11.0. The first-order valence-electron chi connectivity index (χ1n) is 29.2. The van der Waals surface area contributed by atoms with Gasteiger partial charge in [-0.2, -0.15) is 4.98 Å². The Morgan fingerprint density at radius 1 is 0.465 bits per heavy atom. The lowest BCUT2D eigenvalue weighted by Crippen LogP contribution is -2.12.